The average Bonchev–Trinajstić information content (AvgIpc) is 2.95. The Kier molecular flexibility index (Phi) is 4.48. The van der Waals surface area contributed by atoms with Gasteiger partial charge in [-0.25, -0.2) is 4.79 Å². The minimum absolute atomic E-state index is 0.0445. The number of β-lactam (4-membered cyclic amide) rings is 1. The van der Waals surface area contributed by atoms with Gasteiger partial charge in [-0.3, -0.25) is 4.79 Å². The largest absolute Gasteiger partial charge is 0.451 e. The van der Waals surface area contributed by atoms with Crippen LogP contribution in [0.5, 0.6) is 0 Å². The highest BCUT2D eigenvalue weighted by atomic mass is 32.2. The molecule has 2 aromatic carbocycles. The summed E-state index contributed by atoms with van der Waals surface area (Å²) >= 11 is 1.63. The number of benzene rings is 2. The summed E-state index contributed by atoms with van der Waals surface area (Å²) in [5.41, 5.74) is 5.73. The van der Waals surface area contributed by atoms with Gasteiger partial charge in [-0.2, -0.15) is 0 Å². The number of quaternary nitrogens is 1. The maximum Gasteiger partial charge on any atom is 0.331 e. The van der Waals surface area contributed by atoms with E-state index in [0.717, 1.165) is 11.1 Å². The van der Waals surface area contributed by atoms with Crippen molar-refractivity contribution in [2.45, 2.75) is 42.2 Å². The van der Waals surface area contributed by atoms with Gasteiger partial charge in [-0.15, -0.1) is 11.8 Å². The molecule has 2 aliphatic heterocycles. The number of amides is 1. The van der Waals surface area contributed by atoms with Crippen LogP contribution < -0.4 is 5.73 Å². The molecule has 140 valence electrons. The Labute approximate surface area is 162 Å². The predicted octanol–water partition coefficient (Wildman–Crippen LogP) is 1.99. The van der Waals surface area contributed by atoms with E-state index >= 15 is 0 Å². The third-order valence-corrected chi connectivity index (χ3v) is 6.84. The molecule has 2 fully saturated rings. The molecule has 0 radical (unpaired) electrons. The van der Waals surface area contributed by atoms with Crippen molar-refractivity contribution in [1.29, 1.82) is 0 Å². The molecule has 6 heteroatoms. The van der Waals surface area contributed by atoms with Crippen LogP contribution in [0.2, 0.25) is 0 Å². The lowest BCUT2D eigenvalue weighted by Crippen LogP contribution is -2.83. The number of hydrogen-bond donors (Lipinski definition) is 1. The fourth-order valence-corrected chi connectivity index (χ4v) is 5.42. The van der Waals surface area contributed by atoms with Gasteiger partial charge in [0.05, 0.1) is 0 Å². The molecule has 0 bridgehead atoms. The first kappa shape index (κ1) is 18.1. The molecule has 4 rings (SSSR count). The molecule has 2 aromatic rings. The number of rotatable bonds is 4. The van der Waals surface area contributed by atoms with E-state index in [4.69, 9.17) is 4.74 Å². The Morgan fingerprint density at radius 2 is 1.59 bits per heavy atom. The third kappa shape index (κ3) is 3.03. The lowest BCUT2D eigenvalue weighted by molar-refractivity contribution is -0.425. The topological polar surface area (TPSA) is 74.3 Å². The number of esters is 1. The summed E-state index contributed by atoms with van der Waals surface area (Å²) < 4.78 is 5.60. The molecule has 2 aliphatic rings. The standard InChI is InChI=1S/C21H22N2O3S/c1-21(2)17(23-18(24)15(22)19(23)27-21)20(25)26-16(13-9-5-3-6-10-13)14-11-7-4-8-12-14/h3-12,15-17,19H,22H2,1-2H3/p+1/t15-,17+,19?/m1/s1. The zero-order chi connectivity index (χ0) is 19.2. The van der Waals surface area contributed by atoms with E-state index in [1.54, 1.807) is 16.7 Å². The van der Waals surface area contributed by atoms with Crippen LogP contribution in [0.15, 0.2) is 60.7 Å². The lowest BCUT2D eigenvalue weighted by atomic mass is 9.96. The van der Waals surface area contributed by atoms with Gasteiger partial charge in [-0.1, -0.05) is 60.7 Å². The van der Waals surface area contributed by atoms with Crippen LogP contribution in [0.4, 0.5) is 0 Å². The number of hydrogen-bond acceptors (Lipinski definition) is 4. The van der Waals surface area contributed by atoms with Crippen LogP contribution in [0.3, 0.4) is 0 Å². The molecule has 2 saturated heterocycles. The number of nitrogens with zero attached hydrogens (tertiary/aromatic N) is 1. The van der Waals surface area contributed by atoms with Crippen molar-refractivity contribution in [2.75, 3.05) is 0 Å². The van der Waals surface area contributed by atoms with Crippen LogP contribution in [0, 0.1) is 0 Å². The summed E-state index contributed by atoms with van der Waals surface area (Å²) in [5, 5.41) is -0.0445. The fraction of sp³-hybridized carbons (Fsp3) is 0.333. The van der Waals surface area contributed by atoms with Crippen LogP contribution in [0.25, 0.3) is 0 Å². The molecule has 2 heterocycles. The highest BCUT2D eigenvalue weighted by molar-refractivity contribution is 8.01. The van der Waals surface area contributed by atoms with Gasteiger partial charge >= 0.3 is 5.97 Å². The molecule has 3 atom stereocenters. The van der Waals surface area contributed by atoms with E-state index in [2.05, 4.69) is 5.73 Å². The van der Waals surface area contributed by atoms with E-state index in [-0.39, 0.29) is 23.3 Å². The maximum atomic E-state index is 13.2. The van der Waals surface area contributed by atoms with E-state index in [0.29, 0.717) is 0 Å². The maximum absolute atomic E-state index is 13.2. The van der Waals surface area contributed by atoms with Gasteiger partial charge in [0.25, 0.3) is 5.91 Å². The molecule has 5 nitrogen and oxygen atoms in total. The number of fused-ring (bicyclic) bond motifs is 1. The van der Waals surface area contributed by atoms with Crippen molar-refractivity contribution >= 4 is 23.6 Å². The molecule has 0 aromatic heterocycles. The quantitative estimate of drug-likeness (QED) is 0.647. The van der Waals surface area contributed by atoms with Gasteiger partial charge in [0, 0.05) is 4.75 Å². The first-order valence-electron chi connectivity index (χ1n) is 9.03. The van der Waals surface area contributed by atoms with Crippen molar-refractivity contribution in [3.8, 4) is 0 Å². The van der Waals surface area contributed by atoms with Crippen LogP contribution >= 0.6 is 11.8 Å². The van der Waals surface area contributed by atoms with Gasteiger partial charge in [0.2, 0.25) is 0 Å². The monoisotopic (exact) mass is 383 g/mol. The highest BCUT2D eigenvalue weighted by Gasteiger charge is 2.65. The Morgan fingerprint density at radius 1 is 1.07 bits per heavy atom. The molecule has 3 N–H and O–H groups in total. The Hall–Kier alpha value is -2.31. The molecule has 0 saturated carbocycles. The average molecular weight is 383 g/mol. The summed E-state index contributed by atoms with van der Waals surface area (Å²) in [6.07, 6.45) is -0.508. The predicted molar refractivity (Wildman–Crippen MR) is 104 cm³/mol. The van der Waals surface area contributed by atoms with Crippen molar-refractivity contribution in [3.05, 3.63) is 71.8 Å². The molecule has 1 amide bonds. The first-order valence-corrected chi connectivity index (χ1v) is 9.91. The fourth-order valence-electron chi connectivity index (χ4n) is 3.84. The first-order chi connectivity index (χ1) is 12.9. The molecule has 27 heavy (non-hydrogen) atoms. The summed E-state index contributed by atoms with van der Waals surface area (Å²) in [4.78, 5) is 27.2. The molecule has 0 aliphatic carbocycles. The van der Waals surface area contributed by atoms with Crippen molar-refractivity contribution in [2.24, 2.45) is 0 Å². The lowest BCUT2D eigenvalue weighted by Gasteiger charge is -2.39. The summed E-state index contributed by atoms with van der Waals surface area (Å²) in [6, 6.07) is 18.5. The van der Waals surface area contributed by atoms with E-state index in [1.165, 1.54) is 0 Å². The Bertz CT molecular complexity index is 817. The molecular weight excluding hydrogens is 360 g/mol. The van der Waals surface area contributed by atoms with Crippen molar-refractivity contribution in [3.63, 3.8) is 0 Å². The number of thioether (sulfide) groups is 1. The summed E-state index contributed by atoms with van der Waals surface area (Å²) in [6.45, 7) is 3.98. The van der Waals surface area contributed by atoms with E-state index in [1.807, 2.05) is 74.5 Å². The minimum Gasteiger partial charge on any atom is -0.451 e. The number of carbonyl (C=O) groups excluding carboxylic acids is 2. The summed E-state index contributed by atoms with van der Waals surface area (Å²) in [7, 11) is 0. The van der Waals surface area contributed by atoms with Crippen LogP contribution in [-0.4, -0.2) is 39.0 Å². The SMILES string of the molecule is CC1(C)SC2[C@H]([NH3+])C(=O)N2[C@H]1C(=O)OC(c1ccccc1)c1ccccc1. The van der Waals surface area contributed by atoms with E-state index in [9.17, 15) is 9.59 Å². The normalized spacial score (nSPS) is 25.9. The van der Waals surface area contributed by atoms with Crippen molar-refractivity contribution in [1.82, 2.24) is 4.90 Å². The molecular formula is C21H23N2O3S+. The van der Waals surface area contributed by atoms with Crippen molar-refractivity contribution < 1.29 is 20.1 Å². The molecule has 0 spiro atoms. The zero-order valence-electron chi connectivity index (χ0n) is 15.4. The zero-order valence-corrected chi connectivity index (χ0v) is 16.2. The second-order valence-corrected chi connectivity index (χ2v) is 9.28. The van der Waals surface area contributed by atoms with Crippen LogP contribution in [-0.2, 0) is 14.3 Å². The Morgan fingerprint density at radius 3 is 2.11 bits per heavy atom. The van der Waals surface area contributed by atoms with Gasteiger partial charge in [-0.05, 0) is 25.0 Å². The van der Waals surface area contributed by atoms with Crippen LogP contribution in [0.1, 0.15) is 31.1 Å². The van der Waals surface area contributed by atoms with E-state index < -0.39 is 16.9 Å². The molecule has 1 unspecified atom stereocenters. The number of carbonyl (C=O) groups is 2. The smallest absolute Gasteiger partial charge is 0.331 e. The second kappa shape index (κ2) is 6.69. The summed E-state index contributed by atoms with van der Waals surface area (Å²) in [5.74, 6) is -0.441. The van der Waals surface area contributed by atoms with Gasteiger partial charge in [0.15, 0.2) is 12.1 Å². The Balaban J connectivity index is 1.64. The second-order valence-electron chi connectivity index (χ2n) is 7.50. The third-order valence-electron chi connectivity index (χ3n) is 5.21. The van der Waals surface area contributed by atoms with Gasteiger partial charge < -0.3 is 15.4 Å². The highest BCUT2D eigenvalue weighted by Crippen LogP contribution is 2.50. The van der Waals surface area contributed by atoms with Gasteiger partial charge in [0.1, 0.15) is 11.4 Å². The minimum atomic E-state index is -0.604. The number of ether oxygens (including phenoxy) is 1.